The predicted molar refractivity (Wildman–Crippen MR) is 108 cm³/mol. The Morgan fingerprint density at radius 1 is 0.786 bits per heavy atom. The SMILES string of the molecule is O=C(c1cccc(C(=O)N2CCC(Cc3ccccc3)CC2)n1)N1CCCC1. The number of pyridine rings is 1. The highest BCUT2D eigenvalue weighted by Gasteiger charge is 2.26. The summed E-state index contributed by atoms with van der Waals surface area (Å²) < 4.78 is 0. The van der Waals surface area contributed by atoms with Gasteiger partial charge in [-0.05, 0) is 55.7 Å². The normalized spacial score (nSPS) is 17.7. The summed E-state index contributed by atoms with van der Waals surface area (Å²) in [4.78, 5) is 33.6. The van der Waals surface area contributed by atoms with Gasteiger partial charge in [-0.25, -0.2) is 4.98 Å². The van der Waals surface area contributed by atoms with Gasteiger partial charge in [0.25, 0.3) is 11.8 Å². The summed E-state index contributed by atoms with van der Waals surface area (Å²) in [5, 5.41) is 0. The van der Waals surface area contributed by atoms with Crippen LogP contribution in [0.15, 0.2) is 48.5 Å². The van der Waals surface area contributed by atoms with E-state index >= 15 is 0 Å². The first kappa shape index (κ1) is 18.7. The average molecular weight is 377 g/mol. The van der Waals surface area contributed by atoms with Crippen molar-refractivity contribution in [1.29, 1.82) is 0 Å². The number of carbonyl (C=O) groups excluding carboxylic acids is 2. The van der Waals surface area contributed by atoms with Crippen LogP contribution in [0.5, 0.6) is 0 Å². The molecule has 2 aromatic rings. The van der Waals surface area contributed by atoms with Crippen molar-refractivity contribution in [3.05, 3.63) is 65.5 Å². The van der Waals surface area contributed by atoms with E-state index in [4.69, 9.17) is 0 Å². The molecule has 5 heteroatoms. The quantitative estimate of drug-likeness (QED) is 0.820. The maximum atomic E-state index is 12.9. The third kappa shape index (κ3) is 4.24. The number of nitrogens with zero attached hydrogens (tertiary/aromatic N) is 3. The molecular weight excluding hydrogens is 350 g/mol. The van der Waals surface area contributed by atoms with Gasteiger partial charge in [0.15, 0.2) is 0 Å². The van der Waals surface area contributed by atoms with E-state index in [0.29, 0.717) is 17.3 Å². The van der Waals surface area contributed by atoms with Gasteiger partial charge in [0, 0.05) is 26.2 Å². The largest absolute Gasteiger partial charge is 0.337 e. The summed E-state index contributed by atoms with van der Waals surface area (Å²) in [5.74, 6) is 0.491. The first-order chi connectivity index (χ1) is 13.7. The molecule has 2 fully saturated rings. The molecule has 0 aliphatic carbocycles. The third-order valence-corrected chi connectivity index (χ3v) is 5.85. The van der Waals surface area contributed by atoms with Crippen LogP contribution < -0.4 is 0 Å². The Kier molecular flexibility index (Phi) is 5.70. The number of hydrogen-bond acceptors (Lipinski definition) is 3. The maximum Gasteiger partial charge on any atom is 0.272 e. The molecule has 2 aliphatic rings. The summed E-state index contributed by atoms with van der Waals surface area (Å²) in [6.07, 6.45) is 5.17. The zero-order valence-electron chi connectivity index (χ0n) is 16.2. The van der Waals surface area contributed by atoms with Gasteiger partial charge in [0.1, 0.15) is 11.4 Å². The molecule has 0 radical (unpaired) electrons. The Hall–Kier alpha value is -2.69. The molecule has 0 atom stereocenters. The zero-order valence-corrected chi connectivity index (χ0v) is 16.2. The van der Waals surface area contributed by atoms with Crippen LogP contribution in [0, 0.1) is 5.92 Å². The minimum absolute atomic E-state index is 0.0609. The summed E-state index contributed by atoms with van der Waals surface area (Å²) in [6, 6.07) is 15.7. The van der Waals surface area contributed by atoms with Crippen molar-refractivity contribution >= 4 is 11.8 Å². The molecule has 2 aliphatic heterocycles. The Bertz CT molecular complexity index is 823. The lowest BCUT2D eigenvalue weighted by Crippen LogP contribution is -2.39. The summed E-state index contributed by atoms with van der Waals surface area (Å²) in [6.45, 7) is 3.08. The molecule has 3 heterocycles. The van der Waals surface area contributed by atoms with Crippen molar-refractivity contribution in [2.75, 3.05) is 26.2 Å². The minimum Gasteiger partial charge on any atom is -0.337 e. The van der Waals surface area contributed by atoms with Crippen LogP contribution in [-0.4, -0.2) is 52.8 Å². The Morgan fingerprint density at radius 2 is 1.36 bits per heavy atom. The topological polar surface area (TPSA) is 53.5 Å². The van der Waals surface area contributed by atoms with Gasteiger partial charge in [-0.2, -0.15) is 0 Å². The molecule has 2 saturated heterocycles. The summed E-state index contributed by atoms with van der Waals surface area (Å²) in [5.41, 5.74) is 2.13. The van der Waals surface area contributed by atoms with E-state index in [0.717, 1.165) is 58.3 Å². The molecule has 0 N–H and O–H groups in total. The van der Waals surface area contributed by atoms with Gasteiger partial charge in [-0.1, -0.05) is 36.4 Å². The molecule has 146 valence electrons. The van der Waals surface area contributed by atoms with E-state index in [9.17, 15) is 9.59 Å². The third-order valence-electron chi connectivity index (χ3n) is 5.85. The van der Waals surface area contributed by atoms with Crippen molar-refractivity contribution in [1.82, 2.24) is 14.8 Å². The van der Waals surface area contributed by atoms with E-state index < -0.39 is 0 Å². The van der Waals surface area contributed by atoms with Gasteiger partial charge >= 0.3 is 0 Å². The number of rotatable bonds is 4. The monoisotopic (exact) mass is 377 g/mol. The number of likely N-dealkylation sites (tertiary alicyclic amines) is 2. The molecule has 4 rings (SSSR count). The molecule has 0 saturated carbocycles. The highest BCUT2D eigenvalue weighted by atomic mass is 16.2. The van der Waals surface area contributed by atoms with Crippen LogP contribution in [0.1, 0.15) is 52.2 Å². The summed E-state index contributed by atoms with van der Waals surface area (Å²) in [7, 11) is 0. The molecule has 1 aromatic heterocycles. The van der Waals surface area contributed by atoms with Crippen LogP contribution in [0.2, 0.25) is 0 Å². The molecule has 0 bridgehead atoms. The van der Waals surface area contributed by atoms with Crippen LogP contribution in [-0.2, 0) is 6.42 Å². The second-order valence-electron chi connectivity index (χ2n) is 7.83. The van der Waals surface area contributed by atoms with E-state index in [1.807, 2.05) is 15.9 Å². The van der Waals surface area contributed by atoms with Crippen LogP contribution >= 0.6 is 0 Å². The summed E-state index contributed by atoms with van der Waals surface area (Å²) >= 11 is 0. The lowest BCUT2D eigenvalue weighted by Gasteiger charge is -2.32. The highest BCUT2D eigenvalue weighted by Crippen LogP contribution is 2.23. The van der Waals surface area contributed by atoms with Crippen molar-refractivity contribution in [3.63, 3.8) is 0 Å². The first-order valence-corrected chi connectivity index (χ1v) is 10.3. The standard InChI is InChI=1S/C23H27N3O2/c27-22(25-13-4-5-14-25)20-9-6-10-21(24-20)23(28)26-15-11-19(12-16-26)17-18-7-2-1-3-8-18/h1-3,6-10,19H,4-5,11-17H2. The van der Waals surface area contributed by atoms with E-state index in [1.165, 1.54) is 5.56 Å². The second-order valence-corrected chi connectivity index (χ2v) is 7.83. The van der Waals surface area contributed by atoms with E-state index in [2.05, 4.69) is 29.2 Å². The maximum absolute atomic E-state index is 12.9. The van der Waals surface area contributed by atoms with Crippen molar-refractivity contribution in [2.24, 2.45) is 5.92 Å². The molecule has 0 unspecified atom stereocenters. The molecule has 5 nitrogen and oxygen atoms in total. The Morgan fingerprint density at radius 3 is 1.96 bits per heavy atom. The molecular formula is C23H27N3O2. The van der Waals surface area contributed by atoms with Gasteiger partial charge in [-0.15, -0.1) is 0 Å². The molecule has 0 spiro atoms. The highest BCUT2D eigenvalue weighted by molar-refractivity contribution is 5.96. The van der Waals surface area contributed by atoms with Crippen molar-refractivity contribution < 1.29 is 9.59 Å². The van der Waals surface area contributed by atoms with Crippen LogP contribution in [0.4, 0.5) is 0 Å². The van der Waals surface area contributed by atoms with Crippen LogP contribution in [0.25, 0.3) is 0 Å². The number of hydrogen-bond donors (Lipinski definition) is 0. The fourth-order valence-corrected chi connectivity index (χ4v) is 4.20. The number of aromatic nitrogens is 1. The lowest BCUT2D eigenvalue weighted by molar-refractivity contribution is 0.0684. The van der Waals surface area contributed by atoms with Gasteiger partial charge in [0.05, 0.1) is 0 Å². The van der Waals surface area contributed by atoms with E-state index in [-0.39, 0.29) is 11.8 Å². The lowest BCUT2D eigenvalue weighted by atomic mass is 9.90. The van der Waals surface area contributed by atoms with E-state index in [1.54, 1.807) is 18.2 Å². The minimum atomic E-state index is -0.0614. The molecule has 2 amide bonds. The van der Waals surface area contributed by atoms with Gasteiger partial charge < -0.3 is 9.80 Å². The zero-order chi connectivity index (χ0) is 19.3. The molecule has 1 aromatic carbocycles. The fourth-order valence-electron chi connectivity index (χ4n) is 4.20. The van der Waals surface area contributed by atoms with Gasteiger partial charge in [0.2, 0.25) is 0 Å². The van der Waals surface area contributed by atoms with Crippen LogP contribution in [0.3, 0.4) is 0 Å². The van der Waals surface area contributed by atoms with Gasteiger partial charge in [-0.3, -0.25) is 9.59 Å². The number of amides is 2. The fraction of sp³-hybridized carbons (Fsp3) is 0.435. The average Bonchev–Trinajstić information content (AvgIpc) is 3.29. The Labute approximate surface area is 166 Å². The Balaban J connectivity index is 1.36. The number of piperidine rings is 1. The molecule has 28 heavy (non-hydrogen) atoms. The number of carbonyl (C=O) groups is 2. The number of benzene rings is 1. The second kappa shape index (κ2) is 8.55. The smallest absolute Gasteiger partial charge is 0.272 e. The van der Waals surface area contributed by atoms with Crippen molar-refractivity contribution in [2.45, 2.75) is 32.1 Å². The predicted octanol–water partition coefficient (Wildman–Crippen LogP) is 3.41. The van der Waals surface area contributed by atoms with Crippen molar-refractivity contribution in [3.8, 4) is 0 Å². The first-order valence-electron chi connectivity index (χ1n) is 10.3.